The van der Waals surface area contributed by atoms with Crippen molar-refractivity contribution in [2.45, 2.75) is 6.42 Å². The first-order valence-electron chi connectivity index (χ1n) is 5.02. The topological polar surface area (TPSA) is 42.2 Å². The summed E-state index contributed by atoms with van der Waals surface area (Å²) >= 11 is 3.29. The first-order valence-corrected chi connectivity index (χ1v) is 6.14. The van der Waals surface area contributed by atoms with Crippen LogP contribution in [0.25, 0.3) is 0 Å². The summed E-state index contributed by atoms with van der Waals surface area (Å²) in [5.74, 6) is 1.62. The van der Waals surface area contributed by atoms with Gasteiger partial charge in [0.15, 0.2) is 0 Å². The van der Waals surface area contributed by atoms with E-state index in [0.717, 1.165) is 17.9 Å². The van der Waals surface area contributed by atoms with Gasteiger partial charge in [0.25, 0.3) is 0 Å². The molecule has 1 aromatic rings. The van der Waals surface area contributed by atoms with Crippen LogP contribution in [0, 0.1) is 17.2 Å². The second-order valence-electron chi connectivity index (χ2n) is 3.29. The molecule has 0 saturated heterocycles. The summed E-state index contributed by atoms with van der Waals surface area (Å²) in [5, 5.41) is 9.43. The predicted molar refractivity (Wildman–Crippen MR) is 66.0 cm³/mol. The molecular weight excluding hydrogens is 270 g/mol. The summed E-state index contributed by atoms with van der Waals surface area (Å²) in [6, 6.07) is 9.62. The molecule has 0 fully saturated rings. The smallest absolute Gasteiger partial charge is 0.119 e. The highest BCUT2D eigenvalue weighted by Gasteiger charge is 2.05. The van der Waals surface area contributed by atoms with Crippen molar-refractivity contribution in [3.05, 3.63) is 24.3 Å². The summed E-state index contributed by atoms with van der Waals surface area (Å²) in [5.41, 5.74) is 0. The van der Waals surface area contributed by atoms with Gasteiger partial charge in [-0.2, -0.15) is 5.26 Å². The highest BCUT2D eigenvalue weighted by atomic mass is 79.9. The van der Waals surface area contributed by atoms with Gasteiger partial charge in [-0.05, 0) is 30.7 Å². The minimum atomic E-state index is 0.0123. The number of nitrogens with zero attached hydrogens (tertiary/aromatic N) is 1. The monoisotopic (exact) mass is 283 g/mol. The fraction of sp³-hybridized carbons (Fsp3) is 0.417. The quantitative estimate of drug-likeness (QED) is 0.754. The molecule has 0 aliphatic heterocycles. The molecule has 86 valence electrons. The molecule has 0 amide bonds. The molecule has 0 radical (unpaired) electrons. The van der Waals surface area contributed by atoms with Crippen molar-refractivity contribution < 1.29 is 9.47 Å². The maximum absolute atomic E-state index is 8.74. The summed E-state index contributed by atoms with van der Waals surface area (Å²) in [7, 11) is 1.63. The molecule has 0 aliphatic carbocycles. The summed E-state index contributed by atoms with van der Waals surface area (Å²) < 4.78 is 10.6. The molecule has 1 atom stereocenters. The third kappa shape index (κ3) is 4.11. The van der Waals surface area contributed by atoms with Crippen LogP contribution in [-0.2, 0) is 0 Å². The zero-order valence-electron chi connectivity index (χ0n) is 9.15. The van der Waals surface area contributed by atoms with Gasteiger partial charge in [0.2, 0.25) is 0 Å². The van der Waals surface area contributed by atoms with Crippen molar-refractivity contribution in [2.24, 2.45) is 5.92 Å². The lowest BCUT2D eigenvalue weighted by atomic mass is 10.1. The van der Waals surface area contributed by atoms with Crippen LogP contribution in [0.4, 0.5) is 0 Å². The lowest BCUT2D eigenvalue weighted by Crippen LogP contribution is -2.06. The van der Waals surface area contributed by atoms with Crippen molar-refractivity contribution in [1.29, 1.82) is 5.26 Å². The van der Waals surface area contributed by atoms with Crippen LogP contribution in [0.1, 0.15) is 6.42 Å². The number of ether oxygens (including phenoxy) is 2. The van der Waals surface area contributed by atoms with E-state index >= 15 is 0 Å². The third-order valence-electron chi connectivity index (χ3n) is 2.16. The number of hydrogen-bond donors (Lipinski definition) is 0. The number of methoxy groups -OCH3 is 1. The number of nitriles is 1. The highest BCUT2D eigenvalue weighted by molar-refractivity contribution is 9.09. The van der Waals surface area contributed by atoms with Crippen LogP contribution < -0.4 is 9.47 Å². The summed E-state index contributed by atoms with van der Waals surface area (Å²) in [6.45, 7) is 0.552. The Kier molecular flexibility index (Phi) is 5.73. The Labute approximate surface area is 104 Å². The fourth-order valence-electron chi connectivity index (χ4n) is 1.17. The van der Waals surface area contributed by atoms with Gasteiger partial charge in [0.05, 0.1) is 25.7 Å². The first kappa shape index (κ1) is 12.9. The first-order chi connectivity index (χ1) is 7.80. The molecular formula is C12H14BrNO2. The maximum Gasteiger partial charge on any atom is 0.119 e. The standard InChI is InChI=1S/C12H14BrNO2/c1-15-11-2-4-12(5-3-11)16-7-6-10(8-13)9-14/h2-5,10H,6-8H2,1H3. The van der Waals surface area contributed by atoms with E-state index in [2.05, 4.69) is 22.0 Å². The van der Waals surface area contributed by atoms with E-state index in [1.54, 1.807) is 7.11 Å². The molecule has 1 rings (SSSR count). The van der Waals surface area contributed by atoms with Gasteiger partial charge in [-0.15, -0.1) is 0 Å². The van der Waals surface area contributed by atoms with Gasteiger partial charge < -0.3 is 9.47 Å². The van der Waals surface area contributed by atoms with E-state index in [4.69, 9.17) is 14.7 Å². The number of alkyl halides is 1. The Hall–Kier alpha value is -1.21. The molecule has 0 N–H and O–H groups in total. The Morgan fingerprint density at radius 3 is 2.44 bits per heavy atom. The van der Waals surface area contributed by atoms with Gasteiger partial charge >= 0.3 is 0 Å². The van der Waals surface area contributed by atoms with Crippen LogP contribution in [0.3, 0.4) is 0 Å². The normalized spacial score (nSPS) is 11.6. The average molecular weight is 284 g/mol. The SMILES string of the molecule is COc1ccc(OCCC(C#N)CBr)cc1. The Morgan fingerprint density at radius 2 is 1.94 bits per heavy atom. The molecule has 4 heteroatoms. The van der Waals surface area contributed by atoms with E-state index in [-0.39, 0.29) is 5.92 Å². The number of rotatable bonds is 6. The number of halogens is 1. The molecule has 1 aromatic carbocycles. The minimum absolute atomic E-state index is 0.0123. The fourth-order valence-corrected chi connectivity index (χ4v) is 1.64. The van der Waals surface area contributed by atoms with Crippen LogP contribution in [0.15, 0.2) is 24.3 Å². The van der Waals surface area contributed by atoms with Gasteiger partial charge in [0.1, 0.15) is 11.5 Å². The van der Waals surface area contributed by atoms with Crippen LogP contribution in [-0.4, -0.2) is 19.0 Å². The molecule has 16 heavy (non-hydrogen) atoms. The molecule has 0 bridgehead atoms. The molecule has 0 aliphatic rings. The third-order valence-corrected chi connectivity index (χ3v) is 2.94. The van der Waals surface area contributed by atoms with Crippen molar-refractivity contribution >= 4 is 15.9 Å². The molecule has 3 nitrogen and oxygen atoms in total. The molecule has 1 unspecified atom stereocenters. The highest BCUT2D eigenvalue weighted by Crippen LogP contribution is 2.17. The van der Waals surface area contributed by atoms with E-state index in [0.29, 0.717) is 11.9 Å². The largest absolute Gasteiger partial charge is 0.497 e. The van der Waals surface area contributed by atoms with Gasteiger partial charge in [-0.25, -0.2) is 0 Å². The van der Waals surface area contributed by atoms with E-state index in [1.165, 1.54) is 0 Å². The van der Waals surface area contributed by atoms with E-state index in [9.17, 15) is 0 Å². The van der Waals surface area contributed by atoms with Crippen molar-refractivity contribution in [1.82, 2.24) is 0 Å². The zero-order chi connectivity index (χ0) is 11.8. The Balaban J connectivity index is 2.34. The molecule has 0 heterocycles. The Morgan fingerprint density at radius 1 is 1.31 bits per heavy atom. The second-order valence-corrected chi connectivity index (χ2v) is 3.94. The number of hydrogen-bond acceptors (Lipinski definition) is 3. The van der Waals surface area contributed by atoms with Crippen molar-refractivity contribution in [3.63, 3.8) is 0 Å². The van der Waals surface area contributed by atoms with E-state index in [1.807, 2.05) is 24.3 Å². The number of benzene rings is 1. The molecule has 0 spiro atoms. The predicted octanol–water partition coefficient (Wildman–Crippen LogP) is 3.00. The van der Waals surface area contributed by atoms with Gasteiger partial charge in [0, 0.05) is 5.33 Å². The summed E-state index contributed by atoms with van der Waals surface area (Å²) in [6.07, 6.45) is 0.730. The van der Waals surface area contributed by atoms with Crippen LogP contribution >= 0.6 is 15.9 Å². The molecule has 0 aromatic heterocycles. The van der Waals surface area contributed by atoms with Crippen LogP contribution in [0.2, 0.25) is 0 Å². The lowest BCUT2D eigenvalue weighted by Gasteiger charge is -2.08. The Bertz CT molecular complexity index is 345. The van der Waals surface area contributed by atoms with Gasteiger partial charge in [-0.3, -0.25) is 0 Å². The average Bonchev–Trinajstić information content (AvgIpc) is 2.35. The minimum Gasteiger partial charge on any atom is -0.497 e. The van der Waals surface area contributed by atoms with Crippen molar-refractivity contribution in [2.75, 3.05) is 19.0 Å². The second kappa shape index (κ2) is 7.13. The summed E-state index contributed by atoms with van der Waals surface area (Å²) in [4.78, 5) is 0. The van der Waals surface area contributed by atoms with E-state index < -0.39 is 0 Å². The lowest BCUT2D eigenvalue weighted by molar-refractivity contribution is 0.298. The molecule has 0 saturated carbocycles. The van der Waals surface area contributed by atoms with Crippen molar-refractivity contribution in [3.8, 4) is 17.6 Å². The van der Waals surface area contributed by atoms with Gasteiger partial charge in [-0.1, -0.05) is 15.9 Å². The zero-order valence-corrected chi connectivity index (χ0v) is 10.7. The maximum atomic E-state index is 8.74. The van der Waals surface area contributed by atoms with Crippen LogP contribution in [0.5, 0.6) is 11.5 Å².